The predicted octanol–water partition coefficient (Wildman–Crippen LogP) is 2.16. The highest BCUT2D eigenvalue weighted by Crippen LogP contribution is 2.26. The molecule has 8 heteroatoms. The van der Waals surface area contributed by atoms with Gasteiger partial charge in [0.1, 0.15) is 12.6 Å². The summed E-state index contributed by atoms with van der Waals surface area (Å²) in [6.07, 6.45) is 0. The van der Waals surface area contributed by atoms with E-state index >= 15 is 0 Å². The van der Waals surface area contributed by atoms with Crippen LogP contribution in [0.15, 0.2) is 6.07 Å². The Balaban J connectivity index is 2.87. The van der Waals surface area contributed by atoms with Gasteiger partial charge < -0.3 is 14.8 Å². The van der Waals surface area contributed by atoms with Crippen LogP contribution >= 0.6 is 0 Å². The van der Waals surface area contributed by atoms with E-state index in [4.69, 9.17) is 9.47 Å². The summed E-state index contributed by atoms with van der Waals surface area (Å²) in [5.74, 6) is -8.39. The Kier molecular flexibility index (Phi) is 6.41. The quantitative estimate of drug-likeness (QED) is 0.476. The fraction of sp³-hybridized carbons (Fsp3) is 0.462. The Morgan fingerprint density at radius 1 is 1.19 bits per heavy atom. The highest BCUT2D eigenvalue weighted by molar-refractivity contribution is 5.76. The largest absolute Gasteiger partial charge is 0.485 e. The van der Waals surface area contributed by atoms with E-state index in [1.165, 1.54) is 0 Å². The third-order valence-electron chi connectivity index (χ3n) is 2.49. The highest BCUT2D eigenvalue weighted by atomic mass is 19.2. The second-order valence-electron chi connectivity index (χ2n) is 3.97. The average Bonchev–Trinajstić information content (AvgIpc) is 2.44. The zero-order valence-corrected chi connectivity index (χ0v) is 11.5. The van der Waals surface area contributed by atoms with E-state index in [2.05, 4.69) is 5.32 Å². The van der Waals surface area contributed by atoms with Gasteiger partial charge in [0, 0.05) is 6.07 Å². The Labute approximate surface area is 119 Å². The standard InChI is InChI=1S/C13H15F4NO3/c1-3-18-9(13(19)20-4-2)6-21-12-10(16)7(14)5-8(15)11(12)17/h5,9,18H,3-4,6H2,1-2H3. The fourth-order valence-corrected chi connectivity index (χ4v) is 1.54. The number of benzene rings is 1. The first-order chi connectivity index (χ1) is 9.92. The number of esters is 1. The molecule has 118 valence electrons. The number of nitrogens with one attached hydrogen (secondary N) is 1. The van der Waals surface area contributed by atoms with Crippen molar-refractivity contribution in [3.63, 3.8) is 0 Å². The van der Waals surface area contributed by atoms with Crippen molar-refractivity contribution < 1.29 is 31.8 Å². The first-order valence-electron chi connectivity index (χ1n) is 6.28. The van der Waals surface area contributed by atoms with Crippen LogP contribution in [-0.4, -0.2) is 31.8 Å². The minimum absolute atomic E-state index is 0.0741. The fourth-order valence-electron chi connectivity index (χ4n) is 1.54. The zero-order valence-electron chi connectivity index (χ0n) is 11.5. The van der Waals surface area contributed by atoms with Crippen molar-refractivity contribution in [2.75, 3.05) is 19.8 Å². The van der Waals surface area contributed by atoms with Crippen molar-refractivity contribution in [1.29, 1.82) is 0 Å². The minimum atomic E-state index is -1.66. The molecular formula is C13H15F4NO3. The third-order valence-corrected chi connectivity index (χ3v) is 2.49. The maximum absolute atomic E-state index is 13.4. The molecule has 0 aliphatic rings. The van der Waals surface area contributed by atoms with Crippen LogP contribution in [0.1, 0.15) is 13.8 Å². The molecule has 0 spiro atoms. The van der Waals surface area contributed by atoms with Gasteiger partial charge in [0.05, 0.1) is 6.61 Å². The molecule has 0 aromatic heterocycles. The normalized spacial score (nSPS) is 12.1. The Bertz CT molecular complexity index is 484. The summed E-state index contributed by atoms with van der Waals surface area (Å²) in [5.41, 5.74) is 0. The molecule has 0 bridgehead atoms. The Morgan fingerprint density at radius 3 is 2.24 bits per heavy atom. The molecule has 1 unspecified atom stereocenters. The number of carbonyl (C=O) groups excluding carboxylic acids is 1. The number of halogens is 4. The van der Waals surface area contributed by atoms with Gasteiger partial charge >= 0.3 is 5.97 Å². The molecule has 21 heavy (non-hydrogen) atoms. The molecule has 0 aliphatic heterocycles. The first-order valence-corrected chi connectivity index (χ1v) is 6.28. The smallest absolute Gasteiger partial charge is 0.326 e. The Hall–Kier alpha value is -1.83. The lowest BCUT2D eigenvalue weighted by molar-refractivity contribution is -0.146. The number of likely N-dealkylation sites (N-methyl/N-ethyl adjacent to an activating group) is 1. The number of rotatable bonds is 7. The molecule has 1 N–H and O–H groups in total. The molecule has 1 rings (SSSR count). The van der Waals surface area contributed by atoms with Crippen molar-refractivity contribution in [3.05, 3.63) is 29.3 Å². The van der Waals surface area contributed by atoms with Crippen molar-refractivity contribution >= 4 is 5.97 Å². The summed E-state index contributed by atoms with van der Waals surface area (Å²) in [6, 6.07) is -0.940. The second kappa shape index (κ2) is 7.82. The van der Waals surface area contributed by atoms with Crippen molar-refractivity contribution in [1.82, 2.24) is 5.32 Å². The molecule has 0 saturated carbocycles. The summed E-state index contributed by atoms with van der Waals surface area (Å²) < 4.78 is 62.2. The third kappa shape index (κ3) is 4.32. The van der Waals surface area contributed by atoms with Crippen LogP contribution in [0.5, 0.6) is 5.75 Å². The van der Waals surface area contributed by atoms with Gasteiger partial charge in [0.25, 0.3) is 0 Å². The van der Waals surface area contributed by atoms with E-state index in [-0.39, 0.29) is 12.7 Å². The predicted molar refractivity (Wildman–Crippen MR) is 65.9 cm³/mol. The summed E-state index contributed by atoms with van der Waals surface area (Å²) in [4.78, 5) is 11.6. The maximum atomic E-state index is 13.4. The van der Waals surface area contributed by atoms with Crippen LogP contribution in [0.2, 0.25) is 0 Å². The summed E-state index contributed by atoms with van der Waals surface area (Å²) in [6.45, 7) is 3.20. The molecule has 0 aliphatic carbocycles. The lowest BCUT2D eigenvalue weighted by Crippen LogP contribution is -2.42. The van der Waals surface area contributed by atoms with Gasteiger partial charge in [-0.25, -0.2) is 8.78 Å². The van der Waals surface area contributed by atoms with Gasteiger partial charge in [-0.2, -0.15) is 8.78 Å². The van der Waals surface area contributed by atoms with Gasteiger partial charge in [-0.1, -0.05) is 6.92 Å². The number of hydrogen-bond acceptors (Lipinski definition) is 4. The van der Waals surface area contributed by atoms with Crippen molar-refractivity contribution in [2.24, 2.45) is 0 Å². The van der Waals surface area contributed by atoms with Crippen LogP contribution in [0.25, 0.3) is 0 Å². The van der Waals surface area contributed by atoms with E-state index in [0.717, 1.165) is 0 Å². The van der Waals surface area contributed by atoms with Crippen LogP contribution in [0.4, 0.5) is 17.6 Å². The van der Waals surface area contributed by atoms with Gasteiger partial charge in [-0.15, -0.1) is 0 Å². The topological polar surface area (TPSA) is 47.6 Å². The zero-order chi connectivity index (χ0) is 16.0. The lowest BCUT2D eigenvalue weighted by Gasteiger charge is -2.17. The molecule has 0 saturated heterocycles. The van der Waals surface area contributed by atoms with Gasteiger partial charge in [0.2, 0.25) is 11.6 Å². The SMILES string of the molecule is CCNC(COc1c(F)c(F)cc(F)c1F)C(=O)OCC. The van der Waals surface area contributed by atoms with Crippen LogP contribution in [0, 0.1) is 23.3 Å². The van der Waals surface area contributed by atoms with Crippen LogP contribution in [0.3, 0.4) is 0 Å². The molecule has 4 nitrogen and oxygen atoms in total. The van der Waals surface area contributed by atoms with Crippen molar-refractivity contribution in [3.8, 4) is 5.75 Å². The molecular weight excluding hydrogens is 294 g/mol. The number of carbonyl (C=O) groups is 1. The minimum Gasteiger partial charge on any atom is -0.485 e. The molecule has 1 atom stereocenters. The van der Waals surface area contributed by atoms with E-state index < -0.39 is 47.6 Å². The van der Waals surface area contributed by atoms with Gasteiger partial charge in [-0.05, 0) is 13.5 Å². The molecule has 1 aromatic carbocycles. The summed E-state index contributed by atoms with van der Waals surface area (Å²) in [5, 5.41) is 2.67. The van der Waals surface area contributed by atoms with Gasteiger partial charge in [-0.3, -0.25) is 4.79 Å². The second-order valence-corrected chi connectivity index (χ2v) is 3.97. The first kappa shape index (κ1) is 17.2. The average molecular weight is 309 g/mol. The van der Waals surface area contributed by atoms with E-state index in [0.29, 0.717) is 6.54 Å². The van der Waals surface area contributed by atoms with E-state index in [9.17, 15) is 22.4 Å². The monoisotopic (exact) mass is 309 g/mol. The van der Waals surface area contributed by atoms with Crippen LogP contribution in [-0.2, 0) is 9.53 Å². The summed E-state index contributed by atoms with van der Waals surface area (Å²) >= 11 is 0. The maximum Gasteiger partial charge on any atom is 0.326 e. The lowest BCUT2D eigenvalue weighted by atomic mass is 10.2. The van der Waals surface area contributed by atoms with E-state index in [1.807, 2.05) is 0 Å². The van der Waals surface area contributed by atoms with Crippen molar-refractivity contribution in [2.45, 2.75) is 19.9 Å². The summed E-state index contributed by atoms with van der Waals surface area (Å²) in [7, 11) is 0. The molecule has 0 heterocycles. The number of hydrogen-bond donors (Lipinski definition) is 1. The number of ether oxygens (including phenoxy) is 2. The highest BCUT2D eigenvalue weighted by Gasteiger charge is 2.24. The van der Waals surface area contributed by atoms with E-state index in [1.54, 1.807) is 13.8 Å². The Morgan fingerprint density at radius 2 is 1.76 bits per heavy atom. The molecule has 0 amide bonds. The van der Waals surface area contributed by atoms with Gasteiger partial charge in [0.15, 0.2) is 17.4 Å². The molecule has 1 aromatic rings. The molecule has 0 fully saturated rings. The van der Waals surface area contributed by atoms with Crippen LogP contribution < -0.4 is 10.1 Å². The molecule has 0 radical (unpaired) electrons.